The number of aryl methyl sites for hydroxylation is 2. The second-order valence-corrected chi connectivity index (χ2v) is 4.08. The van der Waals surface area contributed by atoms with E-state index < -0.39 is 0 Å². The van der Waals surface area contributed by atoms with Gasteiger partial charge in [-0.25, -0.2) is 0 Å². The molecule has 0 aliphatic heterocycles. The molecule has 2 rings (SSSR count). The molecule has 0 unspecified atom stereocenters. The minimum absolute atomic E-state index is 0.469. The molecule has 2 aromatic rings. The van der Waals surface area contributed by atoms with Gasteiger partial charge in [0.2, 0.25) is 0 Å². The van der Waals surface area contributed by atoms with E-state index in [1.54, 1.807) is 4.68 Å². The van der Waals surface area contributed by atoms with Gasteiger partial charge in [0.25, 0.3) is 0 Å². The van der Waals surface area contributed by atoms with Crippen LogP contribution in [0.2, 0.25) is 0 Å². The molecule has 0 aliphatic carbocycles. The summed E-state index contributed by atoms with van der Waals surface area (Å²) in [7, 11) is 1.89. The van der Waals surface area contributed by atoms with Crippen molar-refractivity contribution in [2.24, 2.45) is 12.8 Å². The van der Waals surface area contributed by atoms with E-state index in [0.29, 0.717) is 13.2 Å². The van der Waals surface area contributed by atoms with Gasteiger partial charge < -0.3 is 10.5 Å². The maximum Gasteiger partial charge on any atom is 0.132 e. The normalized spacial score (nSPS) is 10.5. The Labute approximate surface area is 101 Å². The highest BCUT2D eigenvalue weighted by Gasteiger charge is 2.04. The van der Waals surface area contributed by atoms with E-state index >= 15 is 0 Å². The smallest absolute Gasteiger partial charge is 0.132 e. The number of ether oxygens (including phenoxy) is 1. The van der Waals surface area contributed by atoms with E-state index in [-0.39, 0.29) is 0 Å². The van der Waals surface area contributed by atoms with Crippen LogP contribution in [0.15, 0.2) is 30.5 Å². The fourth-order valence-electron chi connectivity index (χ4n) is 1.70. The van der Waals surface area contributed by atoms with Gasteiger partial charge in [-0.1, -0.05) is 17.7 Å². The summed E-state index contributed by atoms with van der Waals surface area (Å²) in [6.07, 6.45) is 1.90. The minimum Gasteiger partial charge on any atom is -0.487 e. The van der Waals surface area contributed by atoms with Gasteiger partial charge in [0.05, 0.1) is 5.69 Å². The molecule has 1 aromatic heterocycles. The number of nitrogens with zero attached hydrogens (tertiary/aromatic N) is 2. The summed E-state index contributed by atoms with van der Waals surface area (Å²) in [6.45, 7) is 3.00. The van der Waals surface area contributed by atoms with Crippen LogP contribution in [0.4, 0.5) is 0 Å². The number of nitrogens with two attached hydrogens (primary N) is 1. The monoisotopic (exact) mass is 231 g/mol. The fraction of sp³-hybridized carbons (Fsp3) is 0.308. The fourth-order valence-corrected chi connectivity index (χ4v) is 1.70. The van der Waals surface area contributed by atoms with Crippen molar-refractivity contribution in [3.05, 3.63) is 47.3 Å². The van der Waals surface area contributed by atoms with E-state index in [2.05, 4.69) is 5.10 Å². The van der Waals surface area contributed by atoms with Crippen LogP contribution < -0.4 is 10.5 Å². The van der Waals surface area contributed by atoms with Crippen molar-refractivity contribution >= 4 is 0 Å². The Morgan fingerprint density at radius 2 is 2.18 bits per heavy atom. The number of aromatic nitrogens is 2. The Kier molecular flexibility index (Phi) is 3.44. The molecule has 2 N–H and O–H groups in total. The maximum atomic E-state index is 5.73. The highest BCUT2D eigenvalue weighted by atomic mass is 16.5. The molecular formula is C13H17N3O. The van der Waals surface area contributed by atoms with Crippen molar-refractivity contribution in [1.29, 1.82) is 0 Å². The average Bonchev–Trinajstić information content (AvgIpc) is 2.73. The van der Waals surface area contributed by atoms with Crippen molar-refractivity contribution in [2.45, 2.75) is 20.1 Å². The summed E-state index contributed by atoms with van der Waals surface area (Å²) in [5.41, 5.74) is 8.82. The maximum absolute atomic E-state index is 5.73. The van der Waals surface area contributed by atoms with Gasteiger partial charge in [0, 0.05) is 25.4 Å². The first-order valence-electron chi connectivity index (χ1n) is 5.60. The molecule has 0 saturated carbocycles. The van der Waals surface area contributed by atoms with E-state index in [1.807, 2.05) is 44.4 Å². The molecule has 4 heteroatoms. The average molecular weight is 231 g/mol. The molecule has 0 radical (unpaired) electrons. The number of rotatable bonds is 4. The van der Waals surface area contributed by atoms with Crippen LogP contribution in [0.1, 0.15) is 16.8 Å². The van der Waals surface area contributed by atoms with E-state index in [9.17, 15) is 0 Å². The van der Waals surface area contributed by atoms with E-state index in [4.69, 9.17) is 10.5 Å². The predicted octanol–water partition coefficient (Wildman–Crippen LogP) is 1.77. The molecule has 1 heterocycles. The Hall–Kier alpha value is -1.81. The lowest BCUT2D eigenvalue weighted by Gasteiger charge is -2.10. The highest BCUT2D eigenvalue weighted by molar-refractivity contribution is 5.36. The Morgan fingerprint density at radius 3 is 2.82 bits per heavy atom. The van der Waals surface area contributed by atoms with Crippen molar-refractivity contribution in [2.75, 3.05) is 0 Å². The zero-order valence-corrected chi connectivity index (χ0v) is 10.2. The van der Waals surface area contributed by atoms with Gasteiger partial charge in [-0.05, 0) is 19.1 Å². The van der Waals surface area contributed by atoms with Gasteiger partial charge in [0.1, 0.15) is 12.4 Å². The summed E-state index contributed by atoms with van der Waals surface area (Å²) in [5.74, 6) is 0.837. The largest absolute Gasteiger partial charge is 0.487 e. The molecular weight excluding hydrogens is 214 g/mol. The second-order valence-electron chi connectivity index (χ2n) is 4.08. The lowest BCUT2D eigenvalue weighted by atomic mass is 10.1. The minimum atomic E-state index is 0.469. The molecule has 0 amide bonds. The Bertz CT molecular complexity index is 505. The zero-order chi connectivity index (χ0) is 12.3. The van der Waals surface area contributed by atoms with Crippen LogP contribution in [0.3, 0.4) is 0 Å². The van der Waals surface area contributed by atoms with Crippen molar-refractivity contribution < 1.29 is 4.74 Å². The summed E-state index contributed by atoms with van der Waals surface area (Å²) in [6, 6.07) is 7.97. The molecule has 90 valence electrons. The van der Waals surface area contributed by atoms with E-state index in [1.165, 1.54) is 5.56 Å². The van der Waals surface area contributed by atoms with Crippen LogP contribution in [0, 0.1) is 6.92 Å². The summed E-state index contributed by atoms with van der Waals surface area (Å²) in [4.78, 5) is 0. The first-order valence-corrected chi connectivity index (χ1v) is 5.60. The quantitative estimate of drug-likeness (QED) is 0.872. The lowest BCUT2D eigenvalue weighted by molar-refractivity contribution is 0.297. The highest BCUT2D eigenvalue weighted by Crippen LogP contribution is 2.20. The number of hydrogen-bond acceptors (Lipinski definition) is 3. The first kappa shape index (κ1) is 11.7. The lowest BCUT2D eigenvalue weighted by Crippen LogP contribution is -2.03. The van der Waals surface area contributed by atoms with Gasteiger partial charge in [-0.3, -0.25) is 4.68 Å². The van der Waals surface area contributed by atoms with Gasteiger partial charge in [-0.2, -0.15) is 5.10 Å². The number of hydrogen-bond donors (Lipinski definition) is 1. The molecule has 0 spiro atoms. The third kappa shape index (κ3) is 2.85. The van der Waals surface area contributed by atoms with Crippen LogP contribution in [-0.2, 0) is 20.2 Å². The van der Waals surface area contributed by atoms with Crippen LogP contribution in [0.5, 0.6) is 5.75 Å². The molecule has 0 saturated heterocycles. The van der Waals surface area contributed by atoms with Crippen molar-refractivity contribution in [3.63, 3.8) is 0 Å². The molecule has 4 nitrogen and oxygen atoms in total. The second kappa shape index (κ2) is 5.01. The predicted molar refractivity (Wildman–Crippen MR) is 66.6 cm³/mol. The molecule has 0 atom stereocenters. The summed E-state index contributed by atoms with van der Waals surface area (Å²) >= 11 is 0. The van der Waals surface area contributed by atoms with Crippen LogP contribution in [-0.4, -0.2) is 9.78 Å². The van der Waals surface area contributed by atoms with E-state index in [0.717, 1.165) is 17.0 Å². The molecule has 0 bridgehead atoms. The Morgan fingerprint density at radius 1 is 1.35 bits per heavy atom. The summed E-state index contributed by atoms with van der Waals surface area (Å²) in [5, 5.41) is 4.26. The number of benzene rings is 1. The zero-order valence-electron chi connectivity index (χ0n) is 10.2. The molecule has 1 aromatic carbocycles. The SMILES string of the molecule is Cc1ccc(OCc2ccn(C)n2)c(CN)c1. The topological polar surface area (TPSA) is 53.1 Å². The third-order valence-electron chi connectivity index (χ3n) is 2.58. The summed E-state index contributed by atoms with van der Waals surface area (Å²) < 4.78 is 7.49. The standard InChI is InChI=1S/C13H17N3O/c1-10-3-4-13(11(7-10)8-14)17-9-12-5-6-16(2)15-12/h3-7H,8-9,14H2,1-2H3. The third-order valence-corrected chi connectivity index (χ3v) is 2.58. The van der Waals surface area contributed by atoms with Crippen molar-refractivity contribution in [3.8, 4) is 5.75 Å². The Balaban J connectivity index is 2.08. The van der Waals surface area contributed by atoms with Crippen LogP contribution >= 0.6 is 0 Å². The molecule has 17 heavy (non-hydrogen) atoms. The van der Waals surface area contributed by atoms with Crippen LogP contribution in [0.25, 0.3) is 0 Å². The van der Waals surface area contributed by atoms with Gasteiger partial charge in [0.15, 0.2) is 0 Å². The molecule has 0 fully saturated rings. The van der Waals surface area contributed by atoms with Gasteiger partial charge >= 0.3 is 0 Å². The van der Waals surface area contributed by atoms with Gasteiger partial charge in [-0.15, -0.1) is 0 Å². The molecule has 0 aliphatic rings. The van der Waals surface area contributed by atoms with Crippen molar-refractivity contribution in [1.82, 2.24) is 9.78 Å². The first-order chi connectivity index (χ1) is 8.19.